The molecule has 0 bridgehead atoms. The molecule has 0 saturated heterocycles. The molecule has 172 valence electrons. The second-order valence-electron chi connectivity index (χ2n) is 9.54. The number of nitrogens with one attached hydrogen (secondary N) is 2. The number of carbonyl (C=O) groups is 3. The zero-order chi connectivity index (χ0) is 23.0. The minimum Gasteiger partial charge on any atom is -0.481 e. The number of alkyl carbamates (subject to hydrolysis) is 1. The van der Waals surface area contributed by atoms with E-state index in [0.29, 0.717) is 25.3 Å². The van der Waals surface area contributed by atoms with Crippen molar-refractivity contribution in [3.8, 4) is 11.1 Å². The van der Waals surface area contributed by atoms with Crippen LogP contribution in [0.15, 0.2) is 48.5 Å². The van der Waals surface area contributed by atoms with Crippen LogP contribution in [0.1, 0.15) is 49.1 Å². The summed E-state index contributed by atoms with van der Waals surface area (Å²) in [6.45, 7) is 0.730. The number of hydrogen-bond donors (Lipinski definition) is 3. The van der Waals surface area contributed by atoms with E-state index < -0.39 is 17.6 Å². The van der Waals surface area contributed by atoms with E-state index in [1.807, 2.05) is 24.3 Å². The van der Waals surface area contributed by atoms with E-state index in [4.69, 9.17) is 9.84 Å². The summed E-state index contributed by atoms with van der Waals surface area (Å²) in [5.41, 5.74) is 3.75. The maximum atomic E-state index is 12.7. The lowest BCUT2D eigenvalue weighted by molar-refractivity contribution is -0.139. The van der Waals surface area contributed by atoms with Crippen molar-refractivity contribution in [3.63, 3.8) is 0 Å². The van der Waals surface area contributed by atoms with Gasteiger partial charge in [-0.25, -0.2) is 4.79 Å². The van der Waals surface area contributed by atoms with Gasteiger partial charge in [0, 0.05) is 18.9 Å². The van der Waals surface area contributed by atoms with Crippen molar-refractivity contribution in [1.29, 1.82) is 0 Å². The number of carbonyl (C=O) groups excluding carboxylic acids is 2. The minimum absolute atomic E-state index is 0.0236. The van der Waals surface area contributed by atoms with Crippen molar-refractivity contribution < 1.29 is 24.2 Å². The maximum absolute atomic E-state index is 12.7. The van der Waals surface area contributed by atoms with E-state index in [1.165, 1.54) is 11.1 Å². The summed E-state index contributed by atoms with van der Waals surface area (Å²) in [7, 11) is 0. The van der Waals surface area contributed by atoms with Crippen LogP contribution >= 0.6 is 0 Å². The molecule has 0 aliphatic heterocycles. The summed E-state index contributed by atoms with van der Waals surface area (Å²) in [6, 6.07) is 16.3. The van der Waals surface area contributed by atoms with Crippen molar-refractivity contribution >= 4 is 18.0 Å². The molecule has 7 nitrogen and oxygen atoms in total. The number of rotatable bonds is 8. The van der Waals surface area contributed by atoms with E-state index in [9.17, 15) is 14.4 Å². The zero-order valence-electron chi connectivity index (χ0n) is 18.4. The van der Waals surface area contributed by atoms with Crippen LogP contribution in [0.2, 0.25) is 0 Å². The summed E-state index contributed by atoms with van der Waals surface area (Å²) >= 11 is 0. The summed E-state index contributed by atoms with van der Waals surface area (Å²) < 4.78 is 5.59. The summed E-state index contributed by atoms with van der Waals surface area (Å²) in [6.07, 6.45) is 2.44. The fraction of sp³-hybridized carbons (Fsp3) is 0.423. The molecule has 0 aromatic heterocycles. The predicted octanol–water partition coefficient (Wildman–Crippen LogP) is 3.67. The highest BCUT2D eigenvalue weighted by Gasteiger charge is 2.52. The number of aliphatic carboxylic acids is 1. The smallest absolute Gasteiger partial charge is 0.408 e. The Hall–Kier alpha value is -3.35. The lowest BCUT2D eigenvalue weighted by Crippen LogP contribution is -2.51. The number of benzene rings is 2. The first-order valence-electron chi connectivity index (χ1n) is 11.6. The van der Waals surface area contributed by atoms with E-state index in [0.717, 1.165) is 24.0 Å². The summed E-state index contributed by atoms with van der Waals surface area (Å²) in [4.78, 5) is 36.0. The fourth-order valence-electron chi connectivity index (χ4n) is 5.22. The molecule has 3 N–H and O–H groups in total. The molecule has 7 heteroatoms. The van der Waals surface area contributed by atoms with Crippen LogP contribution in [0, 0.1) is 11.8 Å². The number of ether oxygens (including phenoxy) is 1. The lowest BCUT2D eigenvalue weighted by atomic mass is 9.73. The molecule has 2 aromatic rings. The molecule has 2 aromatic carbocycles. The van der Waals surface area contributed by atoms with Gasteiger partial charge in [0.25, 0.3) is 0 Å². The van der Waals surface area contributed by atoms with Gasteiger partial charge in [0.15, 0.2) is 0 Å². The van der Waals surface area contributed by atoms with Crippen LogP contribution in [0.25, 0.3) is 11.1 Å². The van der Waals surface area contributed by atoms with Crippen molar-refractivity contribution in [2.75, 3.05) is 13.2 Å². The van der Waals surface area contributed by atoms with Crippen LogP contribution < -0.4 is 10.6 Å². The molecule has 0 atom stereocenters. The molecule has 2 saturated carbocycles. The number of amides is 2. The molecular formula is C26H28N2O5. The van der Waals surface area contributed by atoms with E-state index in [1.54, 1.807) is 0 Å². The number of hydrogen-bond acceptors (Lipinski definition) is 4. The monoisotopic (exact) mass is 448 g/mol. The summed E-state index contributed by atoms with van der Waals surface area (Å²) in [5.74, 6) is -0.462. The molecule has 2 fully saturated rings. The van der Waals surface area contributed by atoms with Gasteiger partial charge in [0.1, 0.15) is 12.1 Å². The van der Waals surface area contributed by atoms with Gasteiger partial charge in [-0.05, 0) is 59.8 Å². The largest absolute Gasteiger partial charge is 0.481 e. The van der Waals surface area contributed by atoms with Gasteiger partial charge in [-0.2, -0.15) is 0 Å². The molecule has 0 radical (unpaired) electrons. The van der Waals surface area contributed by atoms with Crippen LogP contribution in [0.4, 0.5) is 4.79 Å². The molecule has 5 rings (SSSR count). The molecule has 3 aliphatic carbocycles. The third-order valence-corrected chi connectivity index (χ3v) is 7.22. The predicted molar refractivity (Wildman–Crippen MR) is 122 cm³/mol. The first-order chi connectivity index (χ1) is 15.9. The summed E-state index contributed by atoms with van der Waals surface area (Å²) in [5, 5.41) is 14.6. The molecule has 0 unspecified atom stereocenters. The maximum Gasteiger partial charge on any atom is 0.408 e. The quantitative estimate of drug-likeness (QED) is 0.572. The van der Waals surface area contributed by atoms with Gasteiger partial charge in [-0.1, -0.05) is 48.5 Å². The van der Waals surface area contributed by atoms with Gasteiger partial charge < -0.3 is 20.5 Å². The van der Waals surface area contributed by atoms with Crippen LogP contribution in [-0.4, -0.2) is 41.8 Å². The Morgan fingerprint density at radius 3 is 2.12 bits per heavy atom. The molecule has 3 aliphatic rings. The third kappa shape index (κ3) is 4.32. The average Bonchev–Trinajstić information content (AvgIpc) is 3.49. The Balaban J connectivity index is 1.12. The number of carboxylic acids is 1. The van der Waals surface area contributed by atoms with Crippen LogP contribution in [0.3, 0.4) is 0 Å². The Kier molecular flexibility index (Phi) is 5.56. The highest BCUT2D eigenvalue weighted by Crippen LogP contribution is 2.44. The Labute approximate surface area is 192 Å². The van der Waals surface area contributed by atoms with E-state index >= 15 is 0 Å². The molecule has 33 heavy (non-hydrogen) atoms. The SMILES string of the molecule is O=C(O)CC1CC(CNC(=O)C2(NC(=O)OCC3c4ccccc4-c4ccccc43)CC2)C1. The number of fused-ring (bicyclic) bond motifs is 3. The van der Waals surface area contributed by atoms with Crippen molar-refractivity contribution in [2.45, 2.75) is 43.6 Å². The first kappa shape index (κ1) is 21.5. The van der Waals surface area contributed by atoms with Crippen LogP contribution in [-0.2, 0) is 14.3 Å². The van der Waals surface area contributed by atoms with Gasteiger partial charge in [-0.3, -0.25) is 9.59 Å². The second kappa shape index (κ2) is 8.54. The second-order valence-corrected chi connectivity index (χ2v) is 9.54. The van der Waals surface area contributed by atoms with Crippen molar-refractivity contribution in [3.05, 3.63) is 59.7 Å². The third-order valence-electron chi connectivity index (χ3n) is 7.22. The topological polar surface area (TPSA) is 105 Å². The average molecular weight is 449 g/mol. The van der Waals surface area contributed by atoms with Crippen molar-refractivity contribution in [1.82, 2.24) is 10.6 Å². The van der Waals surface area contributed by atoms with Gasteiger partial charge in [-0.15, -0.1) is 0 Å². The normalized spacial score (nSPS) is 21.8. The van der Waals surface area contributed by atoms with Crippen molar-refractivity contribution in [2.24, 2.45) is 11.8 Å². The van der Waals surface area contributed by atoms with Crippen LogP contribution in [0.5, 0.6) is 0 Å². The fourth-order valence-corrected chi connectivity index (χ4v) is 5.22. The number of carboxylic acid groups (broad SMARTS) is 1. The van der Waals surface area contributed by atoms with Gasteiger partial charge in [0.05, 0.1) is 0 Å². The molecule has 0 heterocycles. The first-order valence-corrected chi connectivity index (χ1v) is 11.6. The lowest BCUT2D eigenvalue weighted by Gasteiger charge is -2.34. The van der Waals surface area contributed by atoms with Gasteiger partial charge >= 0.3 is 12.1 Å². The Morgan fingerprint density at radius 2 is 1.55 bits per heavy atom. The minimum atomic E-state index is -0.882. The molecular weight excluding hydrogens is 420 g/mol. The molecule has 2 amide bonds. The zero-order valence-corrected chi connectivity index (χ0v) is 18.4. The molecule has 0 spiro atoms. The van der Waals surface area contributed by atoms with Gasteiger partial charge in [0.2, 0.25) is 5.91 Å². The van der Waals surface area contributed by atoms with E-state index in [2.05, 4.69) is 34.9 Å². The Morgan fingerprint density at radius 1 is 0.939 bits per heavy atom. The highest BCUT2D eigenvalue weighted by molar-refractivity contribution is 5.92. The van der Waals surface area contributed by atoms with E-state index in [-0.39, 0.29) is 30.8 Å². The highest BCUT2D eigenvalue weighted by atomic mass is 16.5. The standard InChI is InChI=1S/C26H28N2O5/c29-23(30)13-16-11-17(12-16)14-27-24(31)26(9-10-26)28-25(32)33-15-22-20-7-3-1-5-18(20)19-6-2-4-8-21(19)22/h1-8,16-17,22H,9-15H2,(H,27,31)(H,28,32)(H,29,30). The Bertz CT molecular complexity index is 1040.